The Morgan fingerprint density at radius 2 is 2.22 bits per heavy atom. The van der Waals surface area contributed by atoms with E-state index in [0.29, 0.717) is 18.0 Å². The lowest BCUT2D eigenvalue weighted by Gasteiger charge is -2.21. The average molecular weight is 269 g/mol. The van der Waals surface area contributed by atoms with Crippen LogP contribution in [0.15, 0.2) is 24.3 Å². The van der Waals surface area contributed by atoms with Gasteiger partial charge in [-0.05, 0) is 18.9 Å². The van der Waals surface area contributed by atoms with Gasteiger partial charge in [-0.3, -0.25) is 14.9 Å². The predicted molar refractivity (Wildman–Crippen MR) is 67.9 cm³/mol. The molecule has 2 rings (SSSR count). The van der Waals surface area contributed by atoms with Crippen molar-refractivity contribution >= 4 is 23.2 Å². The molecule has 1 saturated carbocycles. The molecule has 1 amide bonds. The van der Waals surface area contributed by atoms with Gasteiger partial charge < -0.3 is 4.90 Å². The van der Waals surface area contributed by atoms with Crippen molar-refractivity contribution < 1.29 is 9.72 Å². The number of nitro benzene ring substituents is 1. The molecule has 0 bridgehead atoms. The highest BCUT2D eigenvalue weighted by molar-refractivity contribution is 6.18. The van der Waals surface area contributed by atoms with Crippen LogP contribution in [-0.2, 0) is 0 Å². The third-order valence-electron chi connectivity index (χ3n) is 2.88. The monoisotopic (exact) mass is 268 g/mol. The molecule has 0 radical (unpaired) electrons. The fourth-order valence-corrected chi connectivity index (χ4v) is 2.03. The van der Waals surface area contributed by atoms with Crippen LogP contribution < -0.4 is 0 Å². The molecule has 1 aliphatic rings. The Hall–Kier alpha value is -1.62. The van der Waals surface area contributed by atoms with Crippen molar-refractivity contribution in [1.29, 1.82) is 0 Å². The van der Waals surface area contributed by atoms with Gasteiger partial charge >= 0.3 is 0 Å². The van der Waals surface area contributed by atoms with E-state index in [-0.39, 0.29) is 17.6 Å². The van der Waals surface area contributed by atoms with Gasteiger partial charge in [-0.15, -0.1) is 11.6 Å². The Morgan fingerprint density at radius 3 is 2.78 bits per heavy atom. The van der Waals surface area contributed by atoms with Crippen LogP contribution in [0.3, 0.4) is 0 Å². The second-order valence-electron chi connectivity index (χ2n) is 4.23. The van der Waals surface area contributed by atoms with Gasteiger partial charge in [-0.1, -0.05) is 6.07 Å². The van der Waals surface area contributed by atoms with Crippen molar-refractivity contribution in [3.8, 4) is 0 Å². The van der Waals surface area contributed by atoms with Crippen molar-refractivity contribution in [1.82, 2.24) is 4.90 Å². The number of hydrogen-bond donors (Lipinski definition) is 0. The number of hydrogen-bond acceptors (Lipinski definition) is 3. The summed E-state index contributed by atoms with van der Waals surface area (Å²) in [5, 5.41) is 10.7. The second kappa shape index (κ2) is 5.35. The van der Waals surface area contributed by atoms with Crippen molar-refractivity contribution in [2.24, 2.45) is 0 Å². The number of alkyl halides is 1. The zero-order valence-electron chi connectivity index (χ0n) is 9.71. The zero-order valence-corrected chi connectivity index (χ0v) is 10.5. The maximum atomic E-state index is 12.2. The minimum Gasteiger partial charge on any atom is -0.334 e. The Kier molecular flexibility index (Phi) is 3.81. The van der Waals surface area contributed by atoms with Gasteiger partial charge in [0.05, 0.1) is 4.92 Å². The highest BCUT2D eigenvalue weighted by Crippen LogP contribution is 2.28. The third-order valence-corrected chi connectivity index (χ3v) is 3.05. The quantitative estimate of drug-likeness (QED) is 0.468. The molecule has 1 aliphatic carbocycles. The molecule has 6 heteroatoms. The van der Waals surface area contributed by atoms with E-state index in [2.05, 4.69) is 0 Å². The number of nitro groups is 1. The minimum atomic E-state index is -0.500. The van der Waals surface area contributed by atoms with E-state index in [1.165, 1.54) is 18.2 Å². The van der Waals surface area contributed by atoms with Crippen molar-refractivity contribution in [3.63, 3.8) is 0 Å². The van der Waals surface area contributed by atoms with E-state index < -0.39 is 4.92 Å². The van der Waals surface area contributed by atoms with Crippen LogP contribution >= 0.6 is 11.6 Å². The first-order valence-electron chi connectivity index (χ1n) is 5.75. The van der Waals surface area contributed by atoms with E-state index in [1.54, 1.807) is 11.0 Å². The summed E-state index contributed by atoms with van der Waals surface area (Å²) < 4.78 is 0. The van der Waals surface area contributed by atoms with Gasteiger partial charge in [0.25, 0.3) is 11.6 Å². The summed E-state index contributed by atoms with van der Waals surface area (Å²) in [5.74, 6) is 0.193. The smallest absolute Gasteiger partial charge is 0.270 e. The van der Waals surface area contributed by atoms with Gasteiger partial charge in [-0.25, -0.2) is 0 Å². The largest absolute Gasteiger partial charge is 0.334 e. The molecule has 1 fully saturated rings. The highest BCUT2D eigenvalue weighted by Gasteiger charge is 2.32. The molecule has 5 nitrogen and oxygen atoms in total. The summed E-state index contributed by atoms with van der Waals surface area (Å²) in [6.45, 7) is 0.480. The number of carbonyl (C=O) groups excluding carboxylic acids is 1. The molecule has 0 N–H and O–H groups in total. The molecule has 1 aromatic rings. The van der Waals surface area contributed by atoms with Crippen molar-refractivity contribution in [3.05, 3.63) is 39.9 Å². The fourth-order valence-electron chi connectivity index (χ4n) is 1.85. The molecule has 0 atom stereocenters. The lowest BCUT2D eigenvalue weighted by molar-refractivity contribution is -0.384. The number of benzene rings is 1. The molecule has 0 spiro atoms. The van der Waals surface area contributed by atoms with Crippen molar-refractivity contribution in [2.45, 2.75) is 18.9 Å². The first-order chi connectivity index (χ1) is 8.63. The van der Waals surface area contributed by atoms with Crippen LogP contribution in [-0.4, -0.2) is 34.2 Å². The summed E-state index contributed by atoms with van der Waals surface area (Å²) in [7, 11) is 0. The molecule has 0 saturated heterocycles. The van der Waals surface area contributed by atoms with Crippen molar-refractivity contribution in [2.75, 3.05) is 12.4 Å². The summed E-state index contributed by atoms with van der Waals surface area (Å²) in [6.07, 6.45) is 1.97. The van der Waals surface area contributed by atoms with E-state index in [4.69, 9.17) is 11.6 Å². The molecule has 96 valence electrons. The molecule has 0 aliphatic heterocycles. The number of nitrogens with zero attached hydrogens (tertiary/aromatic N) is 2. The maximum absolute atomic E-state index is 12.2. The van der Waals surface area contributed by atoms with Crippen LogP contribution in [0.5, 0.6) is 0 Å². The SMILES string of the molecule is O=C(c1cccc([N+](=O)[O-])c1)N(CCCl)C1CC1. The molecule has 0 aromatic heterocycles. The summed E-state index contributed by atoms with van der Waals surface area (Å²) in [4.78, 5) is 24.1. The normalized spacial score (nSPS) is 14.3. The highest BCUT2D eigenvalue weighted by atomic mass is 35.5. The zero-order chi connectivity index (χ0) is 13.1. The van der Waals surface area contributed by atoms with E-state index in [0.717, 1.165) is 12.8 Å². The molecule has 0 heterocycles. The van der Waals surface area contributed by atoms with Crippen LogP contribution in [0, 0.1) is 10.1 Å². The number of carbonyl (C=O) groups is 1. The van der Waals surface area contributed by atoms with Crippen LogP contribution in [0.4, 0.5) is 5.69 Å². The Labute approximate surface area is 109 Å². The minimum absolute atomic E-state index is 0.0672. The topological polar surface area (TPSA) is 63.4 Å². The lowest BCUT2D eigenvalue weighted by atomic mass is 10.1. The molecule has 18 heavy (non-hydrogen) atoms. The van der Waals surface area contributed by atoms with Gasteiger partial charge in [0.15, 0.2) is 0 Å². The number of rotatable bonds is 5. The van der Waals surface area contributed by atoms with E-state index in [9.17, 15) is 14.9 Å². The fraction of sp³-hybridized carbons (Fsp3) is 0.417. The number of halogens is 1. The predicted octanol–water partition coefficient (Wildman–Crippen LogP) is 2.44. The van der Waals surface area contributed by atoms with Gasteiger partial charge in [0.2, 0.25) is 0 Å². The van der Waals surface area contributed by atoms with Crippen LogP contribution in [0.25, 0.3) is 0 Å². The van der Waals surface area contributed by atoms with Gasteiger partial charge in [-0.2, -0.15) is 0 Å². The second-order valence-corrected chi connectivity index (χ2v) is 4.60. The third kappa shape index (κ3) is 2.79. The Morgan fingerprint density at radius 1 is 1.50 bits per heavy atom. The standard InChI is InChI=1S/C12H13ClN2O3/c13-6-7-14(10-4-5-10)12(16)9-2-1-3-11(8-9)15(17)18/h1-3,8,10H,4-7H2. The molecule has 0 unspecified atom stereocenters. The van der Waals surface area contributed by atoms with Gasteiger partial charge in [0.1, 0.15) is 0 Å². The summed E-state index contributed by atoms with van der Waals surface area (Å²) in [6, 6.07) is 6.05. The maximum Gasteiger partial charge on any atom is 0.270 e. The van der Waals surface area contributed by atoms with E-state index >= 15 is 0 Å². The molecular formula is C12H13ClN2O3. The van der Waals surface area contributed by atoms with Crippen LogP contribution in [0.1, 0.15) is 23.2 Å². The lowest BCUT2D eigenvalue weighted by Crippen LogP contribution is -2.34. The number of non-ortho nitro benzene ring substituents is 1. The molecule has 1 aromatic carbocycles. The Balaban J connectivity index is 2.21. The van der Waals surface area contributed by atoms with E-state index in [1.807, 2.05) is 0 Å². The van der Waals surface area contributed by atoms with Gasteiger partial charge in [0, 0.05) is 36.2 Å². The first-order valence-corrected chi connectivity index (χ1v) is 6.28. The van der Waals surface area contributed by atoms with Crippen LogP contribution in [0.2, 0.25) is 0 Å². The average Bonchev–Trinajstić information content (AvgIpc) is 3.19. The number of amides is 1. The summed E-state index contributed by atoms with van der Waals surface area (Å²) in [5.41, 5.74) is 0.281. The summed E-state index contributed by atoms with van der Waals surface area (Å²) >= 11 is 5.68. The molecular weight excluding hydrogens is 256 g/mol. The first kappa shape index (κ1) is 12.8. The Bertz CT molecular complexity index is 474.